The summed E-state index contributed by atoms with van der Waals surface area (Å²) in [7, 11) is 0. The molecular weight excluding hydrogens is 174 g/mol. The van der Waals surface area contributed by atoms with Crippen molar-refractivity contribution in [2.75, 3.05) is 0 Å². The summed E-state index contributed by atoms with van der Waals surface area (Å²) in [6.07, 6.45) is 5.88. The fourth-order valence-electron chi connectivity index (χ4n) is 0.880. The van der Waals surface area contributed by atoms with E-state index in [1.807, 2.05) is 0 Å². The molecule has 0 amide bonds. The van der Waals surface area contributed by atoms with Crippen LogP contribution in [-0.4, -0.2) is 70.2 Å². The maximum Gasteiger partial charge on any atom is 0.303 e. The summed E-state index contributed by atoms with van der Waals surface area (Å²) < 4.78 is 0. The van der Waals surface area contributed by atoms with Crippen molar-refractivity contribution in [1.29, 1.82) is 0 Å². The minimum Gasteiger partial charge on any atom is -0.481 e. The predicted octanol–water partition coefficient (Wildman–Crippen LogP) is 1.67. The number of aliphatic carboxylic acids is 1. The van der Waals surface area contributed by atoms with E-state index >= 15 is 0 Å². The summed E-state index contributed by atoms with van der Waals surface area (Å²) >= 11 is 0. The number of carbonyl (C=O) groups is 1. The van der Waals surface area contributed by atoms with Gasteiger partial charge in [-0.25, -0.2) is 0 Å². The molecule has 0 aliphatic carbocycles. The Morgan fingerprint density at radius 2 is 1.58 bits per heavy atom. The molecule has 0 fully saturated rings. The molecule has 1 N–H and O–H groups in total. The molecule has 0 saturated heterocycles. The molecule has 0 atom stereocenters. The molecule has 0 unspecified atom stereocenters. The van der Waals surface area contributed by atoms with Crippen molar-refractivity contribution >= 4 is 65.1 Å². The average Bonchev–Trinajstić information content (AvgIpc) is 1.87. The van der Waals surface area contributed by atoms with Gasteiger partial charge in [0.2, 0.25) is 0 Å². The zero-order chi connectivity index (χ0) is 7.82. The van der Waals surface area contributed by atoms with Gasteiger partial charge in [0.25, 0.3) is 0 Å². The van der Waals surface area contributed by atoms with E-state index in [1.54, 1.807) is 0 Å². The van der Waals surface area contributed by atoms with E-state index in [-0.39, 0.29) is 59.1 Å². The van der Waals surface area contributed by atoms with Crippen LogP contribution in [0.3, 0.4) is 0 Å². The SMILES string of the molecule is CCCCCCCC(=O)O.[Na].[Na]. The fraction of sp³-hybridized carbons (Fsp3) is 0.875. The summed E-state index contributed by atoms with van der Waals surface area (Å²) in [5.74, 6) is -0.670. The van der Waals surface area contributed by atoms with Crippen LogP contribution in [0.4, 0.5) is 0 Å². The van der Waals surface area contributed by atoms with Crippen molar-refractivity contribution in [3.8, 4) is 0 Å². The van der Waals surface area contributed by atoms with E-state index in [9.17, 15) is 4.79 Å². The van der Waals surface area contributed by atoms with Crippen LogP contribution >= 0.6 is 0 Å². The van der Waals surface area contributed by atoms with Crippen LogP contribution in [0, 0.1) is 0 Å². The number of carboxylic acids is 1. The van der Waals surface area contributed by atoms with Gasteiger partial charge >= 0.3 is 5.97 Å². The summed E-state index contributed by atoms with van der Waals surface area (Å²) in [6, 6.07) is 0. The van der Waals surface area contributed by atoms with E-state index < -0.39 is 5.97 Å². The van der Waals surface area contributed by atoms with Gasteiger partial charge < -0.3 is 5.11 Å². The predicted molar refractivity (Wildman–Crippen MR) is 52.5 cm³/mol. The molecule has 2 radical (unpaired) electrons. The first kappa shape index (κ1) is 19.1. The molecule has 0 aromatic rings. The van der Waals surface area contributed by atoms with Gasteiger partial charge in [-0.15, -0.1) is 0 Å². The normalized spacial score (nSPS) is 8.08. The van der Waals surface area contributed by atoms with Gasteiger partial charge in [-0.3, -0.25) is 4.79 Å². The maximum atomic E-state index is 10.0. The van der Waals surface area contributed by atoms with Crippen LogP contribution in [-0.2, 0) is 4.79 Å². The van der Waals surface area contributed by atoms with E-state index in [0.29, 0.717) is 6.42 Å². The third-order valence-electron chi connectivity index (χ3n) is 1.49. The second-order valence-electron chi connectivity index (χ2n) is 2.56. The molecule has 0 rings (SSSR count). The minimum absolute atomic E-state index is 0. The van der Waals surface area contributed by atoms with Crippen LogP contribution in [0.15, 0.2) is 0 Å². The largest absolute Gasteiger partial charge is 0.481 e. The molecule has 12 heavy (non-hydrogen) atoms. The number of hydrogen-bond donors (Lipinski definition) is 1. The van der Waals surface area contributed by atoms with Crippen LogP contribution in [0.25, 0.3) is 0 Å². The van der Waals surface area contributed by atoms with Crippen LogP contribution in [0.5, 0.6) is 0 Å². The van der Waals surface area contributed by atoms with E-state index in [0.717, 1.165) is 12.8 Å². The second-order valence-corrected chi connectivity index (χ2v) is 2.56. The summed E-state index contributed by atoms with van der Waals surface area (Å²) in [6.45, 7) is 2.15. The Bertz CT molecular complexity index is 97.1. The van der Waals surface area contributed by atoms with Gasteiger partial charge in [-0.05, 0) is 6.42 Å². The Morgan fingerprint density at radius 3 is 2.00 bits per heavy atom. The van der Waals surface area contributed by atoms with E-state index in [4.69, 9.17) is 5.11 Å². The van der Waals surface area contributed by atoms with E-state index in [2.05, 4.69) is 6.92 Å². The Labute approximate surface area is 119 Å². The first-order valence-electron chi connectivity index (χ1n) is 3.99. The van der Waals surface area contributed by atoms with Crippen molar-refractivity contribution in [2.24, 2.45) is 0 Å². The van der Waals surface area contributed by atoms with Crippen LogP contribution in [0.1, 0.15) is 45.4 Å². The minimum atomic E-state index is -0.670. The molecule has 0 aliphatic heterocycles. The molecule has 0 heterocycles. The molecule has 4 heteroatoms. The van der Waals surface area contributed by atoms with E-state index in [1.165, 1.54) is 19.3 Å². The number of hydrogen-bond acceptors (Lipinski definition) is 1. The molecule has 0 aliphatic rings. The maximum absolute atomic E-state index is 10.0. The van der Waals surface area contributed by atoms with Crippen molar-refractivity contribution < 1.29 is 9.90 Å². The summed E-state index contributed by atoms with van der Waals surface area (Å²) in [5, 5.41) is 8.27. The molecule has 0 aromatic carbocycles. The molecule has 2 nitrogen and oxygen atoms in total. The Morgan fingerprint density at radius 1 is 1.08 bits per heavy atom. The first-order valence-corrected chi connectivity index (χ1v) is 3.99. The van der Waals surface area contributed by atoms with Crippen molar-refractivity contribution in [1.82, 2.24) is 0 Å². The molecule has 0 saturated carbocycles. The fourth-order valence-corrected chi connectivity index (χ4v) is 0.880. The zero-order valence-electron chi connectivity index (χ0n) is 8.60. The van der Waals surface area contributed by atoms with Crippen molar-refractivity contribution in [3.63, 3.8) is 0 Å². The van der Waals surface area contributed by atoms with Crippen LogP contribution in [0.2, 0.25) is 0 Å². The Kier molecular flexibility index (Phi) is 23.8. The molecule has 0 spiro atoms. The molecule has 62 valence electrons. The Hall–Kier alpha value is 1.47. The van der Waals surface area contributed by atoms with Gasteiger partial charge in [0.1, 0.15) is 0 Å². The van der Waals surface area contributed by atoms with Gasteiger partial charge in [0, 0.05) is 65.5 Å². The zero-order valence-corrected chi connectivity index (χ0v) is 12.6. The van der Waals surface area contributed by atoms with Gasteiger partial charge in [-0.1, -0.05) is 32.6 Å². The van der Waals surface area contributed by atoms with Gasteiger partial charge in [0.15, 0.2) is 0 Å². The molecule has 0 bridgehead atoms. The molecular formula is C8H16Na2O2. The van der Waals surface area contributed by atoms with Gasteiger partial charge in [0.05, 0.1) is 0 Å². The van der Waals surface area contributed by atoms with Crippen LogP contribution < -0.4 is 0 Å². The average molecular weight is 190 g/mol. The standard InChI is InChI=1S/C8H16O2.2Na/c1-2-3-4-5-6-7-8(9)10;;/h2-7H2,1H3,(H,9,10);;. The number of rotatable bonds is 6. The number of carboxylic acid groups (broad SMARTS) is 1. The quantitative estimate of drug-likeness (QED) is 0.511. The third-order valence-corrected chi connectivity index (χ3v) is 1.49. The summed E-state index contributed by atoms with van der Waals surface area (Å²) in [4.78, 5) is 10.0. The smallest absolute Gasteiger partial charge is 0.303 e. The Balaban J connectivity index is -0.000000405. The van der Waals surface area contributed by atoms with Crippen molar-refractivity contribution in [2.45, 2.75) is 45.4 Å². The van der Waals surface area contributed by atoms with Crippen molar-refractivity contribution in [3.05, 3.63) is 0 Å². The third kappa shape index (κ3) is 17.5. The summed E-state index contributed by atoms with van der Waals surface area (Å²) in [5.41, 5.74) is 0. The first-order chi connectivity index (χ1) is 4.77. The topological polar surface area (TPSA) is 37.3 Å². The second kappa shape index (κ2) is 15.0. The molecule has 0 aromatic heterocycles. The van der Waals surface area contributed by atoms with Gasteiger partial charge in [-0.2, -0.15) is 0 Å². The number of unbranched alkanes of at least 4 members (excludes halogenated alkanes) is 4. The monoisotopic (exact) mass is 190 g/mol.